The lowest BCUT2D eigenvalue weighted by molar-refractivity contribution is 0.0419. The molecule has 2 aliphatic heterocycles. The second-order valence-electron chi connectivity index (χ2n) is 8.60. The van der Waals surface area contributed by atoms with E-state index in [9.17, 15) is 8.42 Å². The maximum absolute atomic E-state index is 11.7. The maximum atomic E-state index is 11.7. The fourth-order valence-corrected chi connectivity index (χ4v) is 5.91. The summed E-state index contributed by atoms with van der Waals surface area (Å²) in [4.78, 5) is 9.22. The molecule has 4 rings (SSSR count). The zero-order chi connectivity index (χ0) is 20.1. The van der Waals surface area contributed by atoms with Crippen molar-refractivity contribution in [2.75, 3.05) is 44.2 Å². The molecule has 0 aliphatic carbocycles. The molecule has 2 fully saturated rings. The molecule has 0 radical (unpaired) electrons. The zero-order valence-electron chi connectivity index (χ0n) is 16.8. The monoisotopic (exact) mass is 424 g/mol. The molecule has 2 aliphatic rings. The standard InChI is InChI=1S/C20H29ClN4O2S/c1-14(2)20(13-23-4-6-28(26,27)7-5-23)24-10-17(11-24)16-8-18(21)19-9-22-15(3)25(19)12-16/h8-9,12,14,17,20H,4-7,10-11,13H2,1-3H3/t20-/m0/s1. The van der Waals surface area contributed by atoms with E-state index >= 15 is 0 Å². The minimum absolute atomic E-state index is 0.295. The van der Waals surface area contributed by atoms with Crippen molar-refractivity contribution in [3.63, 3.8) is 0 Å². The van der Waals surface area contributed by atoms with Crippen molar-refractivity contribution < 1.29 is 8.42 Å². The normalized spacial score (nSPS) is 22.6. The van der Waals surface area contributed by atoms with Gasteiger partial charge in [0.05, 0.1) is 28.2 Å². The molecule has 28 heavy (non-hydrogen) atoms. The van der Waals surface area contributed by atoms with Crippen LogP contribution in [-0.4, -0.2) is 77.9 Å². The van der Waals surface area contributed by atoms with Gasteiger partial charge in [-0.05, 0) is 24.5 Å². The van der Waals surface area contributed by atoms with E-state index in [2.05, 4.69) is 45.3 Å². The summed E-state index contributed by atoms with van der Waals surface area (Å²) in [6.45, 7) is 10.8. The quantitative estimate of drug-likeness (QED) is 0.737. The summed E-state index contributed by atoms with van der Waals surface area (Å²) in [5.74, 6) is 2.55. The van der Waals surface area contributed by atoms with Gasteiger partial charge in [0.25, 0.3) is 0 Å². The summed E-state index contributed by atoms with van der Waals surface area (Å²) in [7, 11) is -2.82. The van der Waals surface area contributed by atoms with E-state index < -0.39 is 9.84 Å². The first-order chi connectivity index (χ1) is 13.2. The average molecular weight is 425 g/mol. The third-order valence-corrected chi connectivity index (χ3v) is 8.21. The van der Waals surface area contributed by atoms with Crippen molar-refractivity contribution in [3.05, 3.63) is 34.9 Å². The minimum Gasteiger partial charge on any atom is -0.302 e. The Bertz CT molecular complexity index is 952. The van der Waals surface area contributed by atoms with Gasteiger partial charge in [-0.1, -0.05) is 25.4 Å². The van der Waals surface area contributed by atoms with Crippen molar-refractivity contribution in [3.8, 4) is 0 Å². The molecule has 0 amide bonds. The van der Waals surface area contributed by atoms with Gasteiger partial charge >= 0.3 is 0 Å². The fraction of sp³-hybridized carbons (Fsp3) is 0.650. The number of rotatable bonds is 5. The summed E-state index contributed by atoms with van der Waals surface area (Å²) < 4.78 is 25.5. The second kappa shape index (κ2) is 7.59. The summed E-state index contributed by atoms with van der Waals surface area (Å²) in [5, 5.41) is 0.756. The van der Waals surface area contributed by atoms with E-state index in [1.165, 1.54) is 5.56 Å². The summed E-state index contributed by atoms with van der Waals surface area (Å²) >= 11 is 6.47. The van der Waals surface area contributed by atoms with E-state index in [0.29, 0.717) is 42.5 Å². The van der Waals surface area contributed by atoms with E-state index in [1.54, 1.807) is 0 Å². The Morgan fingerprint density at radius 1 is 1.25 bits per heavy atom. The highest BCUT2D eigenvalue weighted by Gasteiger charge is 2.36. The predicted molar refractivity (Wildman–Crippen MR) is 113 cm³/mol. The third-order valence-electron chi connectivity index (χ3n) is 6.30. The van der Waals surface area contributed by atoms with Gasteiger partial charge < -0.3 is 4.40 Å². The number of fused-ring (bicyclic) bond motifs is 1. The smallest absolute Gasteiger partial charge is 0.152 e. The average Bonchev–Trinajstić information content (AvgIpc) is 2.96. The number of sulfone groups is 1. The van der Waals surface area contributed by atoms with Crippen molar-refractivity contribution in [2.24, 2.45) is 5.92 Å². The first-order valence-electron chi connectivity index (χ1n) is 10.0. The van der Waals surface area contributed by atoms with Crippen LogP contribution < -0.4 is 0 Å². The molecule has 0 N–H and O–H groups in total. The molecule has 2 saturated heterocycles. The summed E-state index contributed by atoms with van der Waals surface area (Å²) in [6.07, 6.45) is 3.99. The van der Waals surface area contributed by atoms with Gasteiger partial charge in [-0.25, -0.2) is 13.4 Å². The topological polar surface area (TPSA) is 57.9 Å². The number of hydrogen-bond acceptors (Lipinski definition) is 5. The van der Waals surface area contributed by atoms with Crippen LogP contribution >= 0.6 is 11.6 Å². The first-order valence-corrected chi connectivity index (χ1v) is 12.2. The van der Waals surface area contributed by atoms with Crippen LogP contribution in [0.4, 0.5) is 0 Å². The Morgan fingerprint density at radius 2 is 1.93 bits per heavy atom. The van der Waals surface area contributed by atoms with Crippen molar-refractivity contribution in [1.29, 1.82) is 0 Å². The molecular weight excluding hydrogens is 396 g/mol. The lowest BCUT2D eigenvalue weighted by atomic mass is 9.88. The molecule has 4 heterocycles. The number of aromatic nitrogens is 2. The largest absolute Gasteiger partial charge is 0.302 e. The predicted octanol–water partition coefficient (Wildman–Crippen LogP) is 2.45. The molecule has 6 nitrogen and oxygen atoms in total. The number of aryl methyl sites for hydroxylation is 1. The fourth-order valence-electron chi connectivity index (χ4n) is 4.36. The van der Waals surface area contributed by atoms with Gasteiger partial charge in [-0.2, -0.15) is 0 Å². The van der Waals surface area contributed by atoms with Gasteiger partial charge in [0.1, 0.15) is 5.82 Å². The van der Waals surface area contributed by atoms with Crippen LogP contribution in [0.3, 0.4) is 0 Å². The van der Waals surface area contributed by atoms with Crippen LogP contribution in [0.25, 0.3) is 5.52 Å². The Kier molecular flexibility index (Phi) is 5.46. The Balaban J connectivity index is 1.42. The minimum atomic E-state index is -2.82. The summed E-state index contributed by atoms with van der Waals surface area (Å²) in [6, 6.07) is 2.53. The lowest BCUT2D eigenvalue weighted by Crippen LogP contribution is -2.57. The maximum Gasteiger partial charge on any atom is 0.152 e. The molecular formula is C20H29ClN4O2S. The molecule has 1 atom stereocenters. The molecule has 8 heteroatoms. The number of hydrogen-bond donors (Lipinski definition) is 0. The van der Waals surface area contributed by atoms with Crippen LogP contribution in [0.15, 0.2) is 18.5 Å². The molecule has 2 aromatic heterocycles. The summed E-state index contributed by atoms with van der Waals surface area (Å²) in [5.41, 5.74) is 2.22. The Morgan fingerprint density at radius 3 is 2.57 bits per heavy atom. The molecule has 0 unspecified atom stereocenters. The Labute approximate surface area is 172 Å². The van der Waals surface area contributed by atoms with Crippen LogP contribution in [0.1, 0.15) is 31.2 Å². The third kappa shape index (κ3) is 3.95. The van der Waals surface area contributed by atoms with Gasteiger partial charge in [0, 0.05) is 50.9 Å². The van der Waals surface area contributed by atoms with Crippen LogP contribution in [-0.2, 0) is 9.84 Å². The molecule has 2 aromatic rings. The first kappa shape index (κ1) is 20.1. The molecule has 0 aromatic carbocycles. The lowest BCUT2D eigenvalue weighted by Gasteiger charge is -2.48. The van der Waals surface area contributed by atoms with Crippen LogP contribution in [0, 0.1) is 12.8 Å². The van der Waals surface area contributed by atoms with Gasteiger partial charge in [-0.15, -0.1) is 0 Å². The Hall–Kier alpha value is -1.15. The number of halogens is 1. The number of pyridine rings is 1. The number of likely N-dealkylation sites (tertiary alicyclic amines) is 1. The van der Waals surface area contributed by atoms with Gasteiger partial charge in [-0.3, -0.25) is 9.80 Å². The van der Waals surface area contributed by atoms with E-state index in [4.69, 9.17) is 11.6 Å². The zero-order valence-corrected chi connectivity index (χ0v) is 18.4. The molecule has 0 bridgehead atoms. The molecule has 0 spiro atoms. The highest BCUT2D eigenvalue weighted by Crippen LogP contribution is 2.33. The highest BCUT2D eigenvalue weighted by molar-refractivity contribution is 7.91. The molecule has 154 valence electrons. The molecule has 0 saturated carbocycles. The second-order valence-corrected chi connectivity index (χ2v) is 11.3. The van der Waals surface area contributed by atoms with Gasteiger partial charge in [0.2, 0.25) is 0 Å². The van der Waals surface area contributed by atoms with Gasteiger partial charge in [0.15, 0.2) is 9.84 Å². The SMILES string of the molecule is Cc1ncc2c(Cl)cc(C3CN([C@@H](CN4CCS(=O)(=O)CC4)C(C)C)C3)cn12. The van der Waals surface area contributed by atoms with E-state index in [0.717, 1.165) is 36.0 Å². The number of imidazole rings is 1. The van der Waals surface area contributed by atoms with Crippen molar-refractivity contribution >= 4 is 27.0 Å². The number of nitrogens with zero attached hydrogens (tertiary/aromatic N) is 4. The van der Waals surface area contributed by atoms with Crippen molar-refractivity contribution in [1.82, 2.24) is 19.2 Å². The van der Waals surface area contributed by atoms with Crippen LogP contribution in [0.5, 0.6) is 0 Å². The van der Waals surface area contributed by atoms with E-state index in [-0.39, 0.29) is 0 Å². The van der Waals surface area contributed by atoms with E-state index in [1.807, 2.05) is 13.1 Å². The highest BCUT2D eigenvalue weighted by atomic mass is 35.5. The van der Waals surface area contributed by atoms with Crippen molar-refractivity contribution in [2.45, 2.75) is 32.7 Å². The van der Waals surface area contributed by atoms with Crippen LogP contribution in [0.2, 0.25) is 5.02 Å².